The molecule has 0 saturated carbocycles. The van der Waals surface area contributed by atoms with Crippen LogP contribution >= 0.6 is 0 Å². The van der Waals surface area contributed by atoms with Crippen LogP contribution in [0.2, 0.25) is 0 Å². The molecule has 0 aliphatic carbocycles. The number of hydroxylamine groups is 2. The Bertz CT molecular complexity index is 1130. The molecule has 2 aromatic rings. The number of amides is 2. The lowest BCUT2D eigenvalue weighted by atomic mass is 10.1. The van der Waals surface area contributed by atoms with Crippen LogP contribution in [0.5, 0.6) is 5.75 Å². The minimum Gasteiger partial charge on any atom is -0.497 e. The van der Waals surface area contributed by atoms with Crippen LogP contribution in [0.1, 0.15) is 49.8 Å². The van der Waals surface area contributed by atoms with Crippen molar-refractivity contribution in [1.29, 1.82) is 0 Å². The fourth-order valence-electron chi connectivity index (χ4n) is 2.58. The monoisotopic (exact) mass is 577 g/mol. The van der Waals surface area contributed by atoms with Gasteiger partial charge >= 0.3 is 21.6 Å². The second-order valence-electron chi connectivity index (χ2n) is 7.61. The third-order valence-corrected chi connectivity index (χ3v) is 5.70. The molecule has 2 aromatic carbocycles. The molecule has 0 radical (unpaired) electrons. The van der Waals surface area contributed by atoms with Crippen LogP contribution in [0.4, 0.5) is 13.2 Å². The summed E-state index contributed by atoms with van der Waals surface area (Å²) >= 11 is 0. The minimum absolute atomic E-state index is 0.115. The molecule has 1 fully saturated rings. The number of halogens is 3. The molecule has 0 unspecified atom stereocenters. The van der Waals surface area contributed by atoms with Crippen LogP contribution in [0.25, 0.3) is 0 Å². The van der Waals surface area contributed by atoms with Crippen molar-refractivity contribution in [1.82, 2.24) is 5.06 Å². The Hall–Kier alpha value is -3.45. The zero-order chi connectivity index (χ0) is 30.2. The Morgan fingerprint density at radius 1 is 0.872 bits per heavy atom. The maximum atomic E-state index is 11.6. The summed E-state index contributed by atoms with van der Waals surface area (Å²) in [5.41, 5.74) is -1.88. The van der Waals surface area contributed by atoms with Crippen molar-refractivity contribution >= 4 is 27.9 Å². The lowest BCUT2D eigenvalue weighted by molar-refractivity contribution is -0.197. The van der Waals surface area contributed by atoms with E-state index >= 15 is 0 Å². The highest BCUT2D eigenvalue weighted by Gasteiger charge is 2.46. The SMILES string of the molecule is CC.COS(=O)(=O)C(F)(F)F.COc1ccc(C)cc1.Cc1ccc(CCC(=O)ON2C(=O)CCC2=O)cc1. The Balaban J connectivity index is 0.000000606. The Morgan fingerprint density at radius 3 is 1.67 bits per heavy atom. The van der Waals surface area contributed by atoms with Gasteiger partial charge in [-0.2, -0.15) is 21.6 Å². The third kappa shape index (κ3) is 13.3. The van der Waals surface area contributed by atoms with Gasteiger partial charge in [0.2, 0.25) is 0 Å². The number of rotatable bonds is 6. The fourth-order valence-corrected chi connectivity index (χ4v) is 2.76. The normalized spacial score (nSPS) is 12.7. The third-order valence-electron chi connectivity index (χ3n) is 4.70. The molecular weight excluding hydrogens is 543 g/mol. The number of ether oxygens (including phenoxy) is 1. The van der Waals surface area contributed by atoms with Gasteiger partial charge in [0.1, 0.15) is 5.75 Å². The quantitative estimate of drug-likeness (QED) is 0.266. The lowest BCUT2D eigenvalue weighted by Crippen LogP contribution is -2.32. The van der Waals surface area contributed by atoms with Gasteiger partial charge in [0.05, 0.1) is 20.6 Å². The van der Waals surface area contributed by atoms with Gasteiger partial charge in [-0.15, -0.1) is 5.06 Å². The van der Waals surface area contributed by atoms with Crippen LogP contribution in [-0.4, -0.2) is 51.0 Å². The molecule has 2 amide bonds. The number of nitrogens with zero attached hydrogens (tertiary/aromatic N) is 1. The summed E-state index contributed by atoms with van der Waals surface area (Å²) in [5.74, 6) is -0.549. The highest BCUT2D eigenvalue weighted by Crippen LogP contribution is 2.23. The van der Waals surface area contributed by atoms with E-state index in [9.17, 15) is 36.0 Å². The Morgan fingerprint density at radius 2 is 1.31 bits per heavy atom. The molecular formula is C26H34F3NO8S. The van der Waals surface area contributed by atoms with E-state index in [1.165, 1.54) is 5.56 Å². The van der Waals surface area contributed by atoms with Gasteiger partial charge < -0.3 is 9.57 Å². The summed E-state index contributed by atoms with van der Waals surface area (Å²) < 4.78 is 60.8. The summed E-state index contributed by atoms with van der Waals surface area (Å²) in [6.45, 7) is 8.04. The van der Waals surface area contributed by atoms with E-state index in [4.69, 9.17) is 9.57 Å². The molecule has 0 atom stereocenters. The summed E-state index contributed by atoms with van der Waals surface area (Å²) in [5, 5.41) is 0.581. The predicted molar refractivity (Wildman–Crippen MR) is 138 cm³/mol. The van der Waals surface area contributed by atoms with Crippen LogP contribution in [0.15, 0.2) is 48.5 Å². The van der Waals surface area contributed by atoms with Crippen LogP contribution < -0.4 is 4.74 Å². The van der Waals surface area contributed by atoms with Crippen molar-refractivity contribution in [3.63, 3.8) is 0 Å². The average molecular weight is 578 g/mol. The molecule has 13 heteroatoms. The van der Waals surface area contributed by atoms with E-state index in [0.29, 0.717) is 18.6 Å². The smallest absolute Gasteiger partial charge is 0.497 e. The molecule has 39 heavy (non-hydrogen) atoms. The van der Waals surface area contributed by atoms with Gasteiger partial charge in [0.15, 0.2) is 0 Å². The number of hydrogen-bond donors (Lipinski definition) is 0. The predicted octanol–water partition coefficient (Wildman–Crippen LogP) is 5.05. The molecule has 0 aromatic heterocycles. The van der Waals surface area contributed by atoms with Crippen molar-refractivity contribution in [2.45, 2.75) is 58.9 Å². The van der Waals surface area contributed by atoms with Crippen molar-refractivity contribution in [3.05, 3.63) is 65.2 Å². The van der Waals surface area contributed by atoms with Crippen LogP contribution in [-0.2, 0) is 39.9 Å². The zero-order valence-corrected chi connectivity index (χ0v) is 23.5. The molecule has 9 nitrogen and oxygen atoms in total. The highest BCUT2D eigenvalue weighted by atomic mass is 32.2. The summed E-state index contributed by atoms with van der Waals surface area (Å²) in [6.07, 6.45) is 0.892. The number of carbonyl (C=O) groups is 3. The summed E-state index contributed by atoms with van der Waals surface area (Å²) in [4.78, 5) is 38.9. The van der Waals surface area contributed by atoms with Crippen LogP contribution in [0, 0.1) is 13.8 Å². The van der Waals surface area contributed by atoms with Crippen molar-refractivity contribution in [2.24, 2.45) is 0 Å². The number of benzene rings is 2. The van der Waals surface area contributed by atoms with E-state index in [2.05, 4.69) is 11.1 Å². The van der Waals surface area contributed by atoms with Gasteiger partial charge in [0.25, 0.3) is 11.8 Å². The van der Waals surface area contributed by atoms with Crippen molar-refractivity contribution in [3.8, 4) is 5.75 Å². The van der Waals surface area contributed by atoms with E-state index in [1.54, 1.807) is 7.11 Å². The van der Waals surface area contributed by atoms with E-state index in [-0.39, 0.29) is 19.3 Å². The van der Waals surface area contributed by atoms with Gasteiger partial charge in [-0.3, -0.25) is 13.8 Å². The second-order valence-corrected chi connectivity index (χ2v) is 9.32. The Kier molecular flexibility index (Phi) is 15.7. The first-order valence-corrected chi connectivity index (χ1v) is 13.2. The van der Waals surface area contributed by atoms with Crippen molar-refractivity contribution in [2.75, 3.05) is 14.2 Å². The molecule has 0 N–H and O–H groups in total. The fraction of sp³-hybridized carbons (Fsp3) is 0.423. The first-order chi connectivity index (χ1) is 18.2. The molecule has 0 bridgehead atoms. The van der Waals surface area contributed by atoms with Gasteiger partial charge in [0, 0.05) is 12.8 Å². The number of carbonyl (C=O) groups excluding carboxylic acids is 3. The summed E-state index contributed by atoms with van der Waals surface area (Å²) in [6, 6.07) is 15.8. The van der Waals surface area contributed by atoms with Crippen LogP contribution in [0.3, 0.4) is 0 Å². The molecule has 3 rings (SSSR count). The second kappa shape index (κ2) is 17.2. The van der Waals surface area contributed by atoms with Gasteiger partial charge in [-0.25, -0.2) is 4.79 Å². The number of alkyl halides is 3. The molecule has 1 heterocycles. The van der Waals surface area contributed by atoms with E-state index in [1.807, 2.05) is 69.3 Å². The minimum atomic E-state index is -5.34. The Labute approximate surface area is 226 Å². The molecule has 1 aliphatic heterocycles. The highest BCUT2D eigenvalue weighted by molar-refractivity contribution is 7.87. The number of hydrogen-bond acceptors (Lipinski definition) is 8. The van der Waals surface area contributed by atoms with E-state index < -0.39 is 33.4 Å². The lowest BCUT2D eigenvalue weighted by Gasteiger charge is -2.12. The number of methoxy groups -OCH3 is 1. The maximum absolute atomic E-state index is 11.6. The zero-order valence-electron chi connectivity index (χ0n) is 22.7. The molecule has 0 spiro atoms. The van der Waals surface area contributed by atoms with Gasteiger partial charge in [-0.1, -0.05) is 61.4 Å². The molecule has 1 saturated heterocycles. The largest absolute Gasteiger partial charge is 0.523 e. The first-order valence-electron chi connectivity index (χ1n) is 11.8. The van der Waals surface area contributed by atoms with E-state index in [0.717, 1.165) is 16.9 Å². The standard InChI is InChI=1S/C14H15NO4.C8H10O.C2H3F3O3S.C2H6/c1-10-2-4-11(5-3-10)6-9-14(18)19-15-12(16)7-8-13(15)17;1-7-3-5-8(9-2)6-4-7;1-8-9(6,7)2(3,4)5;1-2/h2-5H,6-9H2,1H3;3-6H,1-2H3;1H3;1-2H3. The number of aryl methyl sites for hydroxylation is 3. The topological polar surface area (TPSA) is 116 Å². The van der Waals surface area contributed by atoms with Crippen molar-refractivity contribution < 1.29 is 49.7 Å². The van der Waals surface area contributed by atoms with Gasteiger partial charge in [-0.05, 0) is 38.0 Å². The number of imide groups is 1. The maximum Gasteiger partial charge on any atom is 0.523 e. The average Bonchev–Trinajstić information content (AvgIpc) is 3.22. The summed E-state index contributed by atoms with van der Waals surface area (Å²) in [7, 11) is -3.22. The molecule has 1 aliphatic rings. The molecule has 218 valence electrons. The first kappa shape index (κ1) is 35.5.